The first-order valence-corrected chi connectivity index (χ1v) is 6.09. The first-order chi connectivity index (χ1) is 6.80. The Labute approximate surface area is 101 Å². The lowest BCUT2D eigenvalue weighted by Gasteiger charge is -2.25. The lowest BCUT2D eigenvalue weighted by Crippen LogP contribution is -2.45. The topological polar surface area (TPSA) is 68.0 Å². The molecule has 0 aromatic carbocycles. The molecule has 3 N–H and O–H groups in total. The summed E-state index contributed by atoms with van der Waals surface area (Å²) in [5, 5.41) is 3.24. The average molecular weight is 292 g/mol. The highest BCUT2D eigenvalue weighted by Crippen LogP contribution is 2.24. The number of amides is 1. The van der Waals surface area contributed by atoms with E-state index in [1.165, 1.54) is 11.3 Å². The number of aromatic nitrogens is 1. The number of nitrogens with two attached hydrogens (primary N) is 1. The molecule has 4 nitrogen and oxygen atoms in total. The van der Waals surface area contributed by atoms with Crippen molar-refractivity contribution >= 4 is 38.3 Å². The predicted molar refractivity (Wildman–Crippen MR) is 65.9 cm³/mol. The number of thiazole rings is 1. The molecule has 15 heavy (non-hydrogen) atoms. The van der Waals surface area contributed by atoms with E-state index >= 15 is 0 Å². The van der Waals surface area contributed by atoms with Crippen LogP contribution in [0.5, 0.6) is 0 Å². The maximum atomic E-state index is 11.7. The van der Waals surface area contributed by atoms with E-state index < -0.39 is 6.04 Å². The minimum Gasteiger partial charge on any atom is -0.319 e. The minimum absolute atomic E-state index is 0.204. The summed E-state index contributed by atoms with van der Waals surface area (Å²) < 4.78 is 0.877. The third-order valence-electron chi connectivity index (χ3n) is 1.92. The number of halogens is 1. The first kappa shape index (κ1) is 12.6. The fourth-order valence-corrected chi connectivity index (χ4v) is 2.00. The van der Waals surface area contributed by atoms with Crippen molar-refractivity contribution in [3.63, 3.8) is 0 Å². The Morgan fingerprint density at radius 2 is 2.27 bits per heavy atom. The van der Waals surface area contributed by atoms with Crippen LogP contribution in [0.4, 0.5) is 5.13 Å². The molecule has 0 bridgehead atoms. The Kier molecular flexibility index (Phi) is 3.86. The molecule has 1 aromatic heterocycles. The third kappa shape index (κ3) is 3.55. The maximum absolute atomic E-state index is 11.7. The van der Waals surface area contributed by atoms with Gasteiger partial charge in [0, 0.05) is 0 Å². The highest BCUT2D eigenvalue weighted by Gasteiger charge is 2.27. The second kappa shape index (κ2) is 4.59. The van der Waals surface area contributed by atoms with Crippen LogP contribution in [0.1, 0.15) is 20.8 Å². The van der Waals surface area contributed by atoms with Crippen molar-refractivity contribution in [1.29, 1.82) is 0 Å². The molecule has 1 atom stereocenters. The second-order valence-electron chi connectivity index (χ2n) is 4.30. The Bertz CT molecular complexity index is 358. The molecular formula is C9H14BrN3OS. The summed E-state index contributed by atoms with van der Waals surface area (Å²) in [4.78, 5) is 15.7. The lowest BCUT2D eigenvalue weighted by molar-refractivity contribution is -0.119. The van der Waals surface area contributed by atoms with E-state index in [0.717, 1.165) is 3.79 Å². The summed E-state index contributed by atoms with van der Waals surface area (Å²) in [5.74, 6) is -0.204. The van der Waals surface area contributed by atoms with Crippen LogP contribution in [0.15, 0.2) is 9.98 Å². The number of anilines is 1. The van der Waals surface area contributed by atoms with Crippen LogP contribution in [0.2, 0.25) is 0 Å². The molecule has 1 unspecified atom stereocenters. The van der Waals surface area contributed by atoms with Gasteiger partial charge in [-0.05, 0) is 21.3 Å². The van der Waals surface area contributed by atoms with Crippen LogP contribution in [0.25, 0.3) is 0 Å². The van der Waals surface area contributed by atoms with Crippen LogP contribution in [0.3, 0.4) is 0 Å². The summed E-state index contributed by atoms with van der Waals surface area (Å²) in [7, 11) is 0. The van der Waals surface area contributed by atoms with E-state index in [4.69, 9.17) is 5.73 Å². The Hall–Kier alpha value is -0.460. The highest BCUT2D eigenvalue weighted by atomic mass is 79.9. The molecule has 1 aromatic rings. The summed E-state index contributed by atoms with van der Waals surface area (Å²) in [6.45, 7) is 5.78. The molecule has 0 radical (unpaired) electrons. The number of rotatable bonds is 2. The summed E-state index contributed by atoms with van der Waals surface area (Å²) in [6.07, 6.45) is 1.64. The van der Waals surface area contributed by atoms with Gasteiger partial charge in [0.25, 0.3) is 0 Å². The van der Waals surface area contributed by atoms with Crippen LogP contribution >= 0.6 is 27.3 Å². The van der Waals surface area contributed by atoms with Gasteiger partial charge in [-0.3, -0.25) is 4.79 Å². The molecule has 1 rings (SSSR count). The van der Waals surface area contributed by atoms with Crippen molar-refractivity contribution in [2.45, 2.75) is 26.8 Å². The molecule has 0 aliphatic rings. The summed E-state index contributed by atoms with van der Waals surface area (Å²) in [6, 6.07) is -0.542. The van der Waals surface area contributed by atoms with Gasteiger partial charge in [-0.15, -0.1) is 0 Å². The monoisotopic (exact) mass is 291 g/mol. The van der Waals surface area contributed by atoms with Crippen molar-refractivity contribution < 1.29 is 4.79 Å². The molecule has 0 saturated carbocycles. The molecule has 1 heterocycles. The summed E-state index contributed by atoms with van der Waals surface area (Å²) in [5.41, 5.74) is 5.55. The molecule has 1 amide bonds. The number of nitrogens with zero attached hydrogens (tertiary/aromatic N) is 1. The predicted octanol–water partition coefficient (Wildman–Crippen LogP) is 2.22. The van der Waals surface area contributed by atoms with E-state index in [9.17, 15) is 4.79 Å². The number of hydrogen-bond donors (Lipinski definition) is 2. The van der Waals surface area contributed by atoms with E-state index in [2.05, 4.69) is 26.2 Å². The smallest absolute Gasteiger partial charge is 0.243 e. The zero-order chi connectivity index (χ0) is 11.6. The van der Waals surface area contributed by atoms with Crippen molar-refractivity contribution in [3.8, 4) is 0 Å². The number of hydrogen-bond acceptors (Lipinski definition) is 4. The quantitative estimate of drug-likeness (QED) is 0.878. The van der Waals surface area contributed by atoms with Gasteiger partial charge in [0.15, 0.2) is 5.13 Å². The van der Waals surface area contributed by atoms with Crippen molar-refractivity contribution in [2.24, 2.45) is 11.1 Å². The molecule has 0 aliphatic heterocycles. The first-order valence-electron chi connectivity index (χ1n) is 4.48. The third-order valence-corrected chi connectivity index (χ3v) is 3.31. The normalized spacial score (nSPS) is 13.7. The number of nitrogens with one attached hydrogen (secondary N) is 1. The van der Waals surface area contributed by atoms with Gasteiger partial charge < -0.3 is 11.1 Å². The zero-order valence-electron chi connectivity index (χ0n) is 8.87. The van der Waals surface area contributed by atoms with Crippen LogP contribution in [0, 0.1) is 5.41 Å². The molecule has 6 heteroatoms. The molecule has 0 fully saturated rings. The van der Waals surface area contributed by atoms with Crippen molar-refractivity contribution in [2.75, 3.05) is 5.32 Å². The molecule has 84 valence electrons. The fourth-order valence-electron chi connectivity index (χ4n) is 0.889. The summed E-state index contributed by atoms with van der Waals surface area (Å²) >= 11 is 4.63. The SMILES string of the molecule is CC(C)(C)C(N)C(=O)Nc1ncc(Br)s1. The van der Waals surface area contributed by atoms with E-state index in [0.29, 0.717) is 5.13 Å². The fraction of sp³-hybridized carbons (Fsp3) is 0.556. The Morgan fingerprint density at radius 3 is 2.67 bits per heavy atom. The van der Waals surface area contributed by atoms with Crippen LogP contribution < -0.4 is 11.1 Å². The van der Waals surface area contributed by atoms with E-state index in [1.807, 2.05) is 20.8 Å². The van der Waals surface area contributed by atoms with Crippen molar-refractivity contribution in [3.05, 3.63) is 9.98 Å². The molecule has 0 aliphatic carbocycles. The standard InChI is InChI=1S/C9H14BrN3OS/c1-9(2,3)6(11)7(14)13-8-12-4-5(10)15-8/h4,6H,11H2,1-3H3,(H,12,13,14). The van der Waals surface area contributed by atoms with Gasteiger partial charge >= 0.3 is 0 Å². The van der Waals surface area contributed by atoms with E-state index in [-0.39, 0.29) is 11.3 Å². The van der Waals surface area contributed by atoms with Gasteiger partial charge in [0.1, 0.15) is 0 Å². The Balaban J connectivity index is 2.64. The Morgan fingerprint density at radius 1 is 1.67 bits per heavy atom. The molecular weight excluding hydrogens is 278 g/mol. The van der Waals surface area contributed by atoms with Gasteiger partial charge in [0.2, 0.25) is 5.91 Å². The molecule has 0 saturated heterocycles. The van der Waals surface area contributed by atoms with Gasteiger partial charge in [-0.2, -0.15) is 0 Å². The highest BCUT2D eigenvalue weighted by molar-refractivity contribution is 9.11. The van der Waals surface area contributed by atoms with E-state index in [1.54, 1.807) is 6.20 Å². The number of carbonyl (C=O) groups is 1. The largest absolute Gasteiger partial charge is 0.319 e. The van der Waals surface area contributed by atoms with Crippen LogP contribution in [-0.2, 0) is 4.79 Å². The van der Waals surface area contributed by atoms with Crippen molar-refractivity contribution in [1.82, 2.24) is 4.98 Å². The lowest BCUT2D eigenvalue weighted by atomic mass is 9.87. The maximum Gasteiger partial charge on any atom is 0.243 e. The van der Waals surface area contributed by atoms with Gasteiger partial charge in [-0.25, -0.2) is 4.98 Å². The molecule has 0 spiro atoms. The zero-order valence-corrected chi connectivity index (χ0v) is 11.3. The van der Waals surface area contributed by atoms with Gasteiger partial charge in [0.05, 0.1) is 16.0 Å². The minimum atomic E-state index is -0.542. The van der Waals surface area contributed by atoms with Crippen LogP contribution in [-0.4, -0.2) is 16.9 Å². The average Bonchev–Trinajstić information content (AvgIpc) is 2.48. The second-order valence-corrected chi connectivity index (χ2v) is 6.71. The number of carbonyl (C=O) groups excluding carboxylic acids is 1. The van der Waals surface area contributed by atoms with Gasteiger partial charge in [-0.1, -0.05) is 32.1 Å².